The Morgan fingerprint density at radius 2 is 2.21 bits per heavy atom. The van der Waals surface area contributed by atoms with E-state index in [4.69, 9.17) is 4.74 Å². The smallest absolute Gasteiger partial charge is 0.132 e. The molecule has 0 bridgehead atoms. The number of nitrogens with one attached hydrogen (secondary N) is 1. The van der Waals surface area contributed by atoms with Gasteiger partial charge in [-0.1, -0.05) is 15.9 Å². The minimum Gasteiger partial charge on any atom is -0.487 e. The highest BCUT2D eigenvalue weighted by Gasteiger charge is 2.11. The molecule has 1 heterocycles. The van der Waals surface area contributed by atoms with Crippen molar-refractivity contribution in [2.45, 2.75) is 19.6 Å². The van der Waals surface area contributed by atoms with E-state index in [0.29, 0.717) is 6.61 Å². The molecule has 0 aliphatic rings. The van der Waals surface area contributed by atoms with E-state index in [9.17, 15) is 0 Å². The number of benzene rings is 1. The lowest BCUT2D eigenvalue weighted by Crippen LogP contribution is -2.14. The average Bonchev–Trinajstić information content (AvgIpc) is 2.82. The van der Waals surface area contributed by atoms with Crippen molar-refractivity contribution in [3.8, 4) is 5.75 Å². The molecule has 4 nitrogen and oxygen atoms in total. The van der Waals surface area contributed by atoms with E-state index in [-0.39, 0.29) is 6.04 Å². The maximum absolute atomic E-state index is 5.88. The first kappa shape index (κ1) is 14.1. The van der Waals surface area contributed by atoms with Crippen molar-refractivity contribution in [3.05, 3.63) is 46.2 Å². The molecule has 1 unspecified atom stereocenters. The van der Waals surface area contributed by atoms with E-state index in [1.165, 1.54) is 0 Å². The Kier molecular flexibility index (Phi) is 4.61. The van der Waals surface area contributed by atoms with Crippen molar-refractivity contribution in [1.29, 1.82) is 0 Å². The average molecular weight is 324 g/mol. The van der Waals surface area contributed by atoms with E-state index >= 15 is 0 Å². The molecular formula is C14H18BrN3O. The van der Waals surface area contributed by atoms with E-state index in [1.54, 1.807) is 4.68 Å². The zero-order valence-electron chi connectivity index (χ0n) is 11.4. The van der Waals surface area contributed by atoms with Gasteiger partial charge in [0, 0.05) is 29.3 Å². The molecule has 0 saturated carbocycles. The summed E-state index contributed by atoms with van der Waals surface area (Å²) in [6.45, 7) is 2.58. The van der Waals surface area contributed by atoms with E-state index in [1.807, 2.05) is 38.5 Å². The van der Waals surface area contributed by atoms with Crippen LogP contribution in [0.15, 0.2) is 34.9 Å². The van der Waals surface area contributed by atoms with Crippen LogP contribution in [0, 0.1) is 0 Å². The van der Waals surface area contributed by atoms with Gasteiger partial charge in [-0.2, -0.15) is 5.10 Å². The third-order valence-electron chi connectivity index (χ3n) is 3.02. The number of hydrogen-bond donors (Lipinski definition) is 1. The fraction of sp³-hybridized carbons (Fsp3) is 0.357. The molecule has 2 rings (SSSR count). The third-order valence-corrected chi connectivity index (χ3v) is 3.51. The van der Waals surface area contributed by atoms with Crippen molar-refractivity contribution >= 4 is 15.9 Å². The second-order valence-electron chi connectivity index (χ2n) is 4.46. The molecule has 1 aromatic carbocycles. The lowest BCUT2D eigenvalue weighted by Gasteiger charge is -2.16. The molecule has 19 heavy (non-hydrogen) atoms. The lowest BCUT2D eigenvalue weighted by molar-refractivity contribution is 0.294. The van der Waals surface area contributed by atoms with Gasteiger partial charge in [0.05, 0.1) is 5.69 Å². The van der Waals surface area contributed by atoms with Crippen LogP contribution in [0.2, 0.25) is 0 Å². The standard InChI is InChI=1S/C14H18BrN3O/c1-10(16-2)13-8-11(15)4-5-14(13)19-9-12-6-7-18(3)17-12/h4-8,10,16H,9H2,1-3H3. The van der Waals surface area contributed by atoms with Crippen LogP contribution in [-0.4, -0.2) is 16.8 Å². The largest absolute Gasteiger partial charge is 0.487 e. The molecule has 0 aliphatic heterocycles. The molecule has 2 aromatic rings. The van der Waals surface area contributed by atoms with Gasteiger partial charge in [0.2, 0.25) is 0 Å². The van der Waals surface area contributed by atoms with Gasteiger partial charge >= 0.3 is 0 Å². The van der Waals surface area contributed by atoms with Gasteiger partial charge in [0.15, 0.2) is 0 Å². The molecule has 1 aromatic heterocycles. The van der Waals surface area contributed by atoms with E-state index < -0.39 is 0 Å². The fourth-order valence-corrected chi connectivity index (χ4v) is 2.22. The zero-order valence-corrected chi connectivity index (χ0v) is 12.9. The zero-order chi connectivity index (χ0) is 13.8. The van der Waals surface area contributed by atoms with Gasteiger partial charge in [-0.25, -0.2) is 0 Å². The van der Waals surface area contributed by atoms with Crippen LogP contribution in [0.3, 0.4) is 0 Å². The maximum atomic E-state index is 5.88. The summed E-state index contributed by atoms with van der Waals surface area (Å²) in [5.74, 6) is 0.885. The molecule has 1 atom stereocenters. The summed E-state index contributed by atoms with van der Waals surface area (Å²) >= 11 is 3.49. The Morgan fingerprint density at radius 1 is 1.42 bits per heavy atom. The van der Waals surface area contributed by atoms with Crippen molar-refractivity contribution in [2.24, 2.45) is 7.05 Å². The number of aryl methyl sites for hydroxylation is 1. The van der Waals surface area contributed by atoms with E-state index in [2.05, 4.69) is 39.3 Å². The molecule has 1 N–H and O–H groups in total. The Balaban J connectivity index is 2.15. The SMILES string of the molecule is CNC(C)c1cc(Br)ccc1OCc1ccn(C)n1. The molecule has 102 valence electrons. The summed E-state index contributed by atoms with van der Waals surface area (Å²) in [6.07, 6.45) is 1.91. The maximum Gasteiger partial charge on any atom is 0.132 e. The Morgan fingerprint density at radius 3 is 2.84 bits per heavy atom. The first-order valence-electron chi connectivity index (χ1n) is 6.18. The summed E-state index contributed by atoms with van der Waals surface area (Å²) in [6, 6.07) is 8.24. The number of rotatable bonds is 5. The Hall–Kier alpha value is -1.33. The Bertz CT molecular complexity index is 553. The van der Waals surface area contributed by atoms with Gasteiger partial charge in [-0.3, -0.25) is 4.68 Å². The Labute approximate surface area is 121 Å². The molecule has 5 heteroatoms. The molecule has 0 spiro atoms. The minimum absolute atomic E-state index is 0.233. The van der Waals surface area contributed by atoms with Gasteiger partial charge in [-0.05, 0) is 38.2 Å². The summed E-state index contributed by atoms with van der Waals surface area (Å²) in [4.78, 5) is 0. The molecular weight excluding hydrogens is 306 g/mol. The third kappa shape index (κ3) is 3.58. The van der Waals surface area contributed by atoms with E-state index in [0.717, 1.165) is 21.5 Å². The van der Waals surface area contributed by atoms with Crippen LogP contribution in [-0.2, 0) is 13.7 Å². The predicted molar refractivity (Wildman–Crippen MR) is 79.2 cm³/mol. The van der Waals surface area contributed by atoms with Crippen LogP contribution in [0.25, 0.3) is 0 Å². The molecule has 0 amide bonds. The molecule has 0 fully saturated rings. The van der Waals surface area contributed by atoms with Crippen molar-refractivity contribution in [2.75, 3.05) is 7.05 Å². The molecule has 0 saturated heterocycles. The van der Waals surface area contributed by atoms with Crippen LogP contribution in [0.5, 0.6) is 5.75 Å². The number of hydrogen-bond acceptors (Lipinski definition) is 3. The quantitative estimate of drug-likeness (QED) is 0.919. The fourth-order valence-electron chi connectivity index (χ4n) is 1.84. The second kappa shape index (κ2) is 6.21. The molecule has 0 radical (unpaired) electrons. The first-order chi connectivity index (χ1) is 9.10. The number of nitrogens with zero attached hydrogens (tertiary/aromatic N) is 2. The second-order valence-corrected chi connectivity index (χ2v) is 5.38. The summed E-state index contributed by atoms with van der Waals surface area (Å²) in [5, 5.41) is 7.54. The summed E-state index contributed by atoms with van der Waals surface area (Å²) in [5.41, 5.74) is 2.06. The van der Waals surface area contributed by atoms with Crippen LogP contribution in [0.4, 0.5) is 0 Å². The highest BCUT2D eigenvalue weighted by Crippen LogP contribution is 2.28. The first-order valence-corrected chi connectivity index (χ1v) is 6.97. The monoisotopic (exact) mass is 323 g/mol. The highest BCUT2D eigenvalue weighted by molar-refractivity contribution is 9.10. The number of aromatic nitrogens is 2. The van der Waals surface area contributed by atoms with Gasteiger partial charge < -0.3 is 10.1 Å². The van der Waals surface area contributed by atoms with Crippen molar-refractivity contribution in [1.82, 2.24) is 15.1 Å². The molecule has 0 aliphatic carbocycles. The van der Waals surface area contributed by atoms with Gasteiger partial charge in [-0.15, -0.1) is 0 Å². The van der Waals surface area contributed by atoms with Crippen LogP contribution in [0.1, 0.15) is 24.2 Å². The van der Waals surface area contributed by atoms with Gasteiger partial charge in [0.1, 0.15) is 12.4 Å². The topological polar surface area (TPSA) is 39.1 Å². The summed E-state index contributed by atoms with van der Waals surface area (Å²) in [7, 11) is 3.84. The van der Waals surface area contributed by atoms with Crippen molar-refractivity contribution in [3.63, 3.8) is 0 Å². The number of halogens is 1. The highest BCUT2D eigenvalue weighted by atomic mass is 79.9. The predicted octanol–water partition coefficient (Wildman–Crippen LogP) is 3.04. The normalized spacial score (nSPS) is 12.4. The van der Waals surface area contributed by atoms with Crippen LogP contribution < -0.4 is 10.1 Å². The summed E-state index contributed by atoms with van der Waals surface area (Å²) < 4.78 is 8.70. The van der Waals surface area contributed by atoms with Crippen LogP contribution >= 0.6 is 15.9 Å². The lowest BCUT2D eigenvalue weighted by atomic mass is 10.1. The van der Waals surface area contributed by atoms with Crippen molar-refractivity contribution < 1.29 is 4.74 Å². The number of ether oxygens (including phenoxy) is 1. The minimum atomic E-state index is 0.233. The van der Waals surface area contributed by atoms with Gasteiger partial charge in [0.25, 0.3) is 0 Å².